The fourth-order valence-electron chi connectivity index (χ4n) is 1.45. The Kier molecular flexibility index (Phi) is 3.72. The van der Waals surface area contributed by atoms with E-state index in [4.69, 9.17) is 5.11 Å². The summed E-state index contributed by atoms with van der Waals surface area (Å²) in [6.07, 6.45) is -2.48. The van der Waals surface area contributed by atoms with Crippen molar-refractivity contribution in [2.24, 2.45) is 5.92 Å². The van der Waals surface area contributed by atoms with Crippen molar-refractivity contribution in [3.8, 4) is 0 Å². The van der Waals surface area contributed by atoms with E-state index < -0.39 is 18.3 Å². The monoisotopic (exact) mass is 288 g/mol. The van der Waals surface area contributed by atoms with Gasteiger partial charge < -0.3 is 20.4 Å². The highest BCUT2D eigenvalue weighted by Gasteiger charge is 2.40. The van der Waals surface area contributed by atoms with Gasteiger partial charge in [0.25, 0.3) is 0 Å². The fourth-order valence-corrected chi connectivity index (χ4v) is 2.52. The highest BCUT2D eigenvalue weighted by molar-refractivity contribution is 14.1. The molecular weight excluding hydrogens is 275 g/mol. The van der Waals surface area contributed by atoms with Crippen LogP contribution in [0.15, 0.2) is 0 Å². The van der Waals surface area contributed by atoms with Crippen molar-refractivity contribution in [2.45, 2.75) is 28.7 Å². The lowest BCUT2D eigenvalue weighted by molar-refractivity contribution is -0.112. The van der Waals surface area contributed by atoms with Gasteiger partial charge in [0.1, 0.15) is 6.10 Å². The van der Waals surface area contributed by atoms with E-state index in [-0.39, 0.29) is 16.4 Å². The maximum atomic E-state index is 9.35. The molecule has 0 amide bonds. The van der Waals surface area contributed by atoms with Crippen LogP contribution in [-0.4, -0.2) is 49.3 Å². The van der Waals surface area contributed by atoms with Gasteiger partial charge in [0.15, 0.2) is 0 Å². The standard InChI is InChI=1S/C7H13IO4/c8-4-1-3(2-9)5(10)7(12)6(4)11/h3-7,9-12H,1-2H2. The molecule has 0 aliphatic heterocycles. The van der Waals surface area contributed by atoms with Crippen LogP contribution >= 0.6 is 22.6 Å². The quantitative estimate of drug-likeness (QED) is 0.364. The molecule has 1 aliphatic carbocycles. The van der Waals surface area contributed by atoms with E-state index in [1.54, 1.807) is 0 Å². The Bertz CT molecular complexity index is 150. The molecule has 4 N–H and O–H groups in total. The molecule has 0 aromatic carbocycles. The van der Waals surface area contributed by atoms with Crippen LogP contribution in [0.25, 0.3) is 0 Å². The van der Waals surface area contributed by atoms with E-state index in [0.29, 0.717) is 6.42 Å². The largest absolute Gasteiger partial charge is 0.396 e. The number of alkyl halides is 1. The molecule has 0 saturated heterocycles. The molecule has 1 rings (SSSR count). The Morgan fingerprint density at radius 2 is 1.67 bits per heavy atom. The Hall–Kier alpha value is 0.570. The molecule has 0 spiro atoms. The van der Waals surface area contributed by atoms with Crippen LogP contribution in [0.5, 0.6) is 0 Å². The highest BCUT2D eigenvalue weighted by Crippen LogP contribution is 2.30. The average molecular weight is 288 g/mol. The Balaban J connectivity index is 2.63. The third-order valence-corrected chi connectivity index (χ3v) is 3.56. The zero-order valence-electron chi connectivity index (χ0n) is 6.47. The van der Waals surface area contributed by atoms with Gasteiger partial charge in [0.2, 0.25) is 0 Å². The van der Waals surface area contributed by atoms with Gasteiger partial charge in [-0.05, 0) is 6.42 Å². The van der Waals surface area contributed by atoms with Crippen molar-refractivity contribution in [2.75, 3.05) is 6.61 Å². The molecule has 4 nitrogen and oxygen atoms in total. The van der Waals surface area contributed by atoms with E-state index in [2.05, 4.69) is 0 Å². The van der Waals surface area contributed by atoms with Crippen molar-refractivity contribution in [3.05, 3.63) is 0 Å². The Morgan fingerprint density at radius 1 is 1.08 bits per heavy atom. The Labute approximate surface area is 84.4 Å². The second-order valence-corrected chi connectivity index (χ2v) is 4.77. The van der Waals surface area contributed by atoms with Crippen LogP contribution in [0.1, 0.15) is 6.42 Å². The lowest BCUT2D eigenvalue weighted by Gasteiger charge is -2.37. The number of hydrogen-bond acceptors (Lipinski definition) is 4. The summed E-state index contributed by atoms with van der Waals surface area (Å²) < 4.78 is -0.0989. The molecule has 12 heavy (non-hydrogen) atoms. The minimum Gasteiger partial charge on any atom is -0.396 e. The summed E-state index contributed by atoms with van der Waals surface area (Å²) in [5.41, 5.74) is 0. The summed E-state index contributed by atoms with van der Waals surface area (Å²) >= 11 is 2.01. The van der Waals surface area contributed by atoms with Gasteiger partial charge in [-0.1, -0.05) is 22.6 Å². The summed E-state index contributed by atoms with van der Waals surface area (Å²) in [7, 11) is 0. The number of rotatable bonds is 1. The van der Waals surface area contributed by atoms with Crippen LogP contribution in [-0.2, 0) is 0 Å². The summed E-state index contributed by atoms with van der Waals surface area (Å²) in [5, 5.41) is 36.8. The third-order valence-electron chi connectivity index (χ3n) is 2.32. The highest BCUT2D eigenvalue weighted by atomic mass is 127. The SMILES string of the molecule is OCC1CC(I)C(O)C(O)C1O. The second kappa shape index (κ2) is 4.19. The van der Waals surface area contributed by atoms with E-state index in [1.165, 1.54) is 0 Å². The average Bonchev–Trinajstić information content (AvgIpc) is 2.08. The molecule has 0 bridgehead atoms. The maximum absolute atomic E-state index is 9.35. The van der Waals surface area contributed by atoms with E-state index in [0.717, 1.165) is 0 Å². The zero-order chi connectivity index (χ0) is 9.30. The third kappa shape index (κ3) is 1.90. The summed E-state index contributed by atoms with van der Waals surface area (Å²) in [4.78, 5) is 0. The van der Waals surface area contributed by atoms with Crippen molar-refractivity contribution in [1.82, 2.24) is 0 Å². The smallest absolute Gasteiger partial charge is 0.107 e. The van der Waals surface area contributed by atoms with E-state index in [9.17, 15) is 15.3 Å². The van der Waals surface area contributed by atoms with Gasteiger partial charge in [-0.2, -0.15) is 0 Å². The van der Waals surface area contributed by atoms with Crippen LogP contribution < -0.4 is 0 Å². The molecule has 72 valence electrons. The summed E-state index contributed by atoms with van der Waals surface area (Å²) in [6.45, 7) is -0.148. The van der Waals surface area contributed by atoms with Crippen molar-refractivity contribution < 1.29 is 20.4 Å². The normalized spacial score (nSPS) is 49.2. The van der Waals surface area contributed by atoms with E-state index >= 15 is 0 Å². The van der Waals surface area contributed by atoms with Crippen LogP contribution in [0.4, 0.5) is 0 Å². The second-order valence-electron chi connectivity index (χ2n) is 3.17. The molecule has 1 aliphatic rings. The van der Waals surface area contributed by atoms with Crippen molar-refractivity contribution in [1.29, 1.82) is 0 Å². The lowest BCUT2D eigenvalue weighted by Crippen LogP contribution is -2.52. The molecule has 0 radical (unpaired) electrons. The van der Waals surface area contributed by atoms with Gasteiger partial charge in [-0.15, -0.1) is 0 Å². The predicted molar refractivity (Wildman–Crippen MR) is 51.0 cm³/mol. The first-order valence-corrected chi connectivity index (χ1v) is 5.11. The lowest BCUT2D eigenvalue weighted by atomic mass is 9.83. The Morgan fingerprint density at radius 3 is 2.17 bits per heavy atom. The van der Waals surface area contributed by atoms with Gasteiger partial charge >= 0.3 is 0 Å². The van der Waals surface area contributed by atoms with Crippen LogP contribution in [0.2, 0.25) is 0 Å². The van der Waals surface area contributed by atoms with Crippen molar-refractivity contribution in [3.63, 3.8) is 0 Å². The molecule has 0 aromatic rings. The number of hydrogen-bond donors (Lipinski definition) is 4. The summed E-state index contributed by atoms with van der Waals surface area (Å²) in [6, 6.07) is 0. The van der Waals surface area contributed by atoms with Crippen LogP contribution in [0, 0.1) is 5.92 Å². The molecule has 5 atom stereocenters. The first kappa shape index (κ1) is 10.6. The van der Waals surface area contributed by atoms with Gasteiger partial charge in [-0.3, -0.25) is 0 Å². The number of aliphatic hydroxyl groups is 4. The number of halogens is 1. The van der Waals surface area contributed by atoms with Gasteiger partial charge in [0.05, 0.1) is 12.2 Å². The van der Waals surface area contributed by atoms with Gasteiger partial charge in [-0.25, -0.2) is 0 Å². The topological polar surface area (TPSA) is 80.9 Å². The molecule has 0 heterocycles. The molecular formula is C7H13IO4. The number of aliphatic hydroxyl groups excluding tert-OH is 4. The minimum atomic E-state index is -1.13. The molecule has 1 saturated carbocycles. The molecule has 5 heteroatoms. The van der Waals surface area contributed by atoms with Gasteiger partial charge in [0, 0.05) is 16.4 Å². The first-order chi connectivity index (χ1) is 5.57. The van der Waals surface area contributed by atoms with Crippen LogP contribution in [0.3, 0.4) is 0 Å². The molecule has 1 fully saturated rings. The van der Waals surface area contributed by atoms with E-state index in [1.807, 2.05) is 22.6 Å². The first-order valence-electron chi connectivity index (χ1n) is 3.87. The zero-order valence-corrected chi connectivity index (χ0v) is 8.63. The minimum absolute atomic E-state index is 0.0989. The fraction of sp³-hybridized carbons (Fsp3) is 1.00. The van der Waals surface area contributed by atoms with Crippen molar-refractivity contribution >= 4 is 22.6 Å². The predicted octanol–water partition coefficient (Wildman–Crippen LogP) is -1.12. The maximum Gasteiger partial charge on any atom is 0.107 e. The molecule has 5 unspecified atom stereocenters. The molecule has 0 aromatic heterocycles. The summed E-state index contributed by atoms with van der Waals surface area (Å²) in [5.74, 6) is -0.315.